The van der Waals surface area contributed by atoms with Gasteiger partial charge in [0.05, 0.1) is 0 Å². The van der Waals surface area contributed by atoms with Crippen molar-refractivity contribution >= 4 is 38.8 Å². The summed E-state index contributed by atoms with van der Waals surface area (Å²) < 4.78 is 0.959. The van der Waals surface area contributed by atoms with Crippen LogP contribution in [0.25, 0.3) is 0 Å². The molecule has 2 unspecified atom stereocenters. The van der Waals surface area contributed by atoms with E-state index in [2.05, 4.69) is 28.2 Å². The van der Waals surface area contributed by atoms with Crippen molar-refractivity contribution in [3.8, 4) is 0 Å². The maximum atomic E-state index is 5.79. The second kappa shape index (κ2) is 5.36. The van der Waals surface area contributed by atoms with Crippen molar-refractivity contribution < 1.29 is 0 Å². The van der Waals surface area contributed by atoms with E-state index in [4.69, 9.17) is 18.0 Å². The standard InChI is InChI=1S/C13H17BrN2S/c1-8-4-2-6-10(8)16-11-7-3-5-9(14)12(11)13(15)17/h3,5,7-8,10,16H,2,4,6H2,1H3,(H2,15,17). The van der Waals surface area contributed by atoms with Crippen molar-refractivity contribution in [3.05, 3.63) is 28.2 Å². The summed E-state index contributed by atoms with van der Waals surface area (Å²) in [4.78, 5) is 0.436. The van der Waals surface area contributed by atoms with E-state index in [0.29, 0.717) is 16.9 Å². The largest absolute Gasteiger partial charge is 0.389 e. The summed E-state index contributed by atoms with van der Waals surface area (Å²) in [6.07, 6.45) is 3.83. The molecule has 0 aliphatic heterocycles. The number of hydrogen-bond acceptors (Lipinski definition) is 2. The van der Waals surface area contributed by atoms with Gasteiger partial charge in [-0.3, -0.25) is 0 Å². The Bertz CT molecular complexity index is 433. The summed E-state index contributed by atoms with van der Waals surface area (Å²) in [5.74, 6) is 0.716. The van der Waals surface area contributed by atoms with Crippen LogP contribution in [0.3, 0.4) is 0 Å². The molecular formula is C13H17BrN2S. The van der Waals surface area contributed by atoms with Crippen LogP contribution >= 0.6 is 28.1 Å². The second-order valence-corrected chi connectivity index (χ2v) is 5.98. The molecule has 2 atom stereocenters. The monoisotopic (exact) mass is 312 g/mol. The zero-order valence-corrected chi connectivity index (χ0v) is 12.3. The summed E-state index contributed by atoms with van der Waals surface area (Å²) in [6.45, 7) is 2.29. The van der Waals surface area contributed by atoms with Gasteiger partial charge in [-0.15, -0.1) is 0 Å². The number of hydrogen-bond donors (Lipinski definition) is 2. The molecule has 92 valence electrons. The molecule has 0 spiro atoms. The molecule has 3 N–H and O–H groups in total. The molecule has 1 aliphatic carbocycles. The van der Waals surface area contributed by atoms with Crippen molar-refractivity contribution in [2.75, 3.05) is 5.32 Å². The topological polar surface area (TPSA) is 38.0 Å². The minimum atomic E-state index is 0.436. The third kappa shape index (κ3) is 2.80. The molecular weight excluding hydrogens is 296 g/mol. The number of nitrogens with two attached hydrogens (primary N) is 1. The number of anilines is 1. The van der Waals surface area contributed by atoms with Crippen molar-refractivity contribution in [2.24, 2.45) is 11.7 Å². The van der Waals surface area contributed by atoms with E-state index in [0.717, 1.165) is 15.7 Å². The van der Waals surface area contributed by atoms with Crippen LogP contribution in [-0.4, -0.2) is 11.0 Å². The molecule has 0 heterocycles. The Morgan fingerprint density at radius 1 is 1.47 bits per heavy atom. The van der Waals surface area contributed by atoms with Crippen molar-refractivity contribution in [2.45, 2.75) is 32.2 Å². The van der Waals surface area contributed by atoms with Gasteiger partial charge in [-0.1, -0.05) is 31.6 Å². The van der Waals surface area contributed by atoms with Crippen LogP contribution in [0.4, 0.5) is 5.69 Å². The van der Waals surface area contributed by atoms with Crippen molar-refractivity contribution in [1.82, 2.24) is 0 Å². The fourth-order valence-electron chi connectivity index (χ4n) is 2.45. The number of benzene rings is 1. The zero-order chi connectivity index (χ0) is 12.4. The SMILES string of the molecule is CC1CCCC1Nc1cccc(Br)c1C(N)=S. The molecule has 0 bridgehead atoms. The molecule has 17 heavy (non-hydrogen) atoms. The molecule has 1 aromatic carbocycles. The van der Waals surface area contributed by atoms with Crippen LogP contribution in [0.15, 0.2) is 22.7 Å². The summed E-state index contributed by atoms with van der Waals surface area (Å²) in [7, 11) is 0. The Morgan fingerprint density at radius 2 is 2.24 bits per heavy atom. The Labute approximate surface area is 116 Å². The predicted molar refractivity (Wildman–Crippen MR) is 80.5 cm³/mol. The van der Waals surface area contributed by atoms with Gasteiger partial charge in [0.1, 0.15) is 4.99 Å². The highest BCUT2D eigenvalue weighted by atomic mass is 79.9. The zero-order valence-electron chi connectivity index (χ0n) is 9.87. The molecule has 2 nitrogen and oxygen atoms in total. The molecule has 1 aliphatic rings. The van der Waals surface area contributed by atoms with Crippen LogP contribution in [0.5, 0.6) is 0 Å². The highest BCUT2D eigenvalue weighted by Crippen LogP contribution is 2.31. The van der Waals surface area contributed by atoms with Gasteiger partial charge >= 0.3 is 0 Å². The Balaban J connectivity index is 2.26. The summed E-state index contributed by atoms with van der Waals surface area (Å²) in [6, 6.07) is 6.56. The van der Waals surface area contributed by atoms with E-state index in [1.807, 2.05) is 18.2 Å². The molecule has 2 rings (SSSR count). The van der Waals surface area contributed by atoms with E-state index in [1.54, 1.807) is 0 Å². The average Bonchev–Trinajstić information content (AvgIpc) is 2.64. The van der Waals surface area contributed by atoms with E-state index < -0.39 is 0 Å². The number of rotatable bonds is 3. The van der Waals surface area contributed by atoms with Gasteiger partial charge < -0.3 is 11.1 Å². The number of nitrogens with one attached hydrogen (secondary N) is 1. The summed E-state index contributed by atoms with van der Waals surface area (Å²) in [5.41, 5.74) is 7.75. The highest BCUT2D eigenvalue weighted by Gasteiger charge is 2.24. The van der Waals surface area contributed by atoms with Gasteiger partial charge in [0.25, 0.3) is 0 Å². The van der Waals surface area contributed by atoms with E-state index in [-0.39, 0.29) is 0 Å². The second-order valence-electron chi connectivity index (χ2n) is 4.69. The minimum Gasteiger partial charge on any atom is -0.389 e. The third-order valence-electron chi connectivity index (χ3n) is 3.46. The molecule has 0 saturated heterocycles. The van der Waals surface area contributed by atoms with Crippen LogP contribution in [0.2, 0.25) is 0 Å². The Kier molecular flexibility index (Phi) is 4.05. The lowest BCUT2D eigenvalue weighted by Crippen LogP contribution is -2.24. The average molecular weight is 313 g/mol. The molecule has 4 heteroatoms. The van der Waals surface area contributed by atoms with Crippen LogP contribution in [0.1, 0.15) is 31.7 Å². The van der Waals surface area contributed by atoms with Gasteiger partial charge in [-0.2, -0.15) is 0 Å². The van der Waals surface area contributed by atoms with Gasteiger partial charge in [0, 0.05) is 21.8 Å². The molecule has 1 saturated carbocycles. The molecule has 1 aromatic rings. The van der Waals surface area contributed by atoms with Crippen LogP contribution in [-0.2, 0) is 0 Å². The van der Waals surface area contributed by atoms with Gasteiger partial charge in [0.15, 0.2) is 0 Å². The first-order valence-electron chi connectivity index (χ1n) is 5.94. The maximum absolute atomic E-state index is 5.79. The van der Waals surface area contributed by atoms with Gasteiger partial charge in [-0.05, 0) is 46.8 Å². The van der Waals surface area contributed by atoms with Gasteiger partial charge in [0.2, 0.25) is 0 Å². The first-order chi connectivity index (χ1) is 8.09. The summed E-state index contributed by atoms with van der Waals surface area (Å²) >= 11 is 8.62. The van der Waals surface area contributed by atoms with E-state index in [1.165, 1.54) is 19.3 Å². The lowest BCUT2D eigenvalue weighted by atomic mass is 10.1. The lowest BCUT2D eigenvalue weighted by molar-refractivity contribution is 0.556. The highest BCUT2D eigenvalue weighted by molar-refractivity contribution is 9.10. The molecule has 0 amide bonds. The molecule has 1 fully saturated rings. The van der Waals surface area contributed by atoms with Crippen LogP contribution in [0, 0.1) is 5.92 Å². The number of halogens is 1. The first-order valence-corrected chi connectivity index (χ1v) is 7.14. The first kappa shape index (κ1) is 12.8. The smallest absolute Gasteiger partial charge is 0.107 e. The maximum Gasteiger partial charge on any atom is 0.107 e. The Hall–Kier alpha value is -0.610. The van der Waals surface area contributed by atoms with E-state index in [9.17, 15) is 0 Å². The molecule has 0 radical (unpaired) electrons. The predicted octanol–water partition coefficient (Wildman–Crippen LogP) is 3.68. The minimum absolute atomic E-state index is 0.436. The summed E-state index contributed by atoms with van der Waals surface area (Å²) in [5, 5.41) is 3.58. The molecule has 0 aromatic heterocycles. The van der Waals surface area contributed by atoms with Crippen molar-refractivity contribution in [1.29, 1.82) is 0 Å². The normalized spacial score (nSPS) is 23.6. The quantitative estimate of drug-likeness (QED) is 0.836. The third-order valence-corrected chi connectivity index (χ3v) is 4.33. The van der Waals surface area contributed by atoms with Crippen molar-refractivity contribution in [3.63, 3.8) is 0 Å². The fraction of sp³-hybridized carbons (Fsp3) is 0.462. The van der Waals surface area contributed by atoms with Gasteiger partial charge in [-0.25, -0.2) is 0 Å². The van der Waals surface area contributed by atoms with E-state index >= 15 is 0 Å². The van der Waals surface area contributed by atoms with Crippen LogP contribution < -0.4 is 11.1 Å². The lowest BCUT2D eigenvalue weighted by Gasteiger charge is -2.21. The fourth-order valence-corrected chi connectivity index (χ4v) is 3.39. The Morgan fingerprint density at radius 3 is 2.82 bits per heavy atom. The number of thiocarbonyl (C=S) groups is 1.